The van der Waals surface area contributed by atoms with Gasteiger partial charge in [-0.05, 0) is 18.2 Å². The van der Waals surface area contributed by atoms with Crippen LogP contribution in [0, 0.1) is 0 Å². The van der Waals surface area contributed by atoms with E-state index in [4.69, 9.17) is 25.8 Å². The Hall–Kier alpha value is -1.63. The minimum atomic E-state index is -0.379. The molecule has 1 aliphatic heterocycles. The van der Waals surface area contributed by atoms with Gasteiger partial charge in [-0.3, -0.25) is 0 Å². The SMILES string of the molecule is COC(=O)c1ccc2nc(CCl)n(CC3(OC)COC3)c2c1. The molecular formula is C15H17ClN2O4. The molecule has 0 unspecified atom stereocenters. The van der Waals surface area contributed by atoms with E-state index in [1.165, 1.54) is 7.11 Å². The first-order chi connectivity index (χ1) is 10.6. The lowest BCUT2D eigenvalue weighted by molar-refractivity contribution is -0.202. The van der Waals surface area contributed by atoms with Gasteiger partial charge in [0, 0.05) is 7.11 Å². The number of carbonyl (C=O) groups is 1. The van der Waals surface area contributed by atoms with Gasteiger partial charge in [0.05, 0.1) is 49.3 Å². The number of nitrogens with zero attached hydrogens (tertiary/aromatic N) is 2. The predicted octanol–water partition coefficient (Wildman–Crippen LogP) is 1.98. The van der Waals surface area contributed by atoms with Crippen LogP contribution < -0.4 is 0 Å². The largest absolute Gasteiger partial charge is 0.465 e. The summed E-state index contributed by atoms with van der Waals surface area (Å²) in [6.07, 6.45) is 0. The number of hydrogen-bond acceptors (Lipinski definition) is 5. The van der Waals surface area contributed by atoms with Crippen LogP contribution in [0.1, 0.15) is 16.2 Å². The van der Waals surface area contributed by atoms with E-state index in [0.717, 1.165) is 16.9 Å². The number of ether oxygens (including phenoxy) is 3. The number of imidazole rings is 1. The topological polar surface area (TPSA) is 62.6 Å². The van der Waals surface area contributed by atoms with Crippen molar-refractivity contribution >= 4 is 28.6 Å². The first-order valence-electron chi connectivity index (χ1n) is 6.89. The van der Waals surface area contributed by atoms with Gasteiger partial charge in [-0.1, -0.05) is 0 Å². The summed E-state index contributed by atoms with van der Waals surface area (Å²) in [4.78, 5) is 16.2. The molecule has 1 saturated heterocycles. The van der Waals surface area contributed by atoms with E-state index in [0.29, 0.717) is 25.3 Å². The highest BCUT2D eigenvalue weighted by atomic mass is 35.5. The molecule has 6 nitrogen and oxygen atoms in total. The summed E-state index contributed by atoms with van der Waals surface area (Å²) in [5.74, 6) is 0.639. The molecule has 3 rings (SSSR count). The van der Waals surface area contributed by atoms with E-state index in [2.05, 4.69) is 4.98 Å². The van der Waals surface area contributed by atoms with Gasteiger partial charge in [0.25, 0.3) is 0 Å². The summed E-state index contributed by atoms with van der Waals surface area (Å²) in [6.45, 7) is 1.63. The van der Waals surface area contributed by atoms with Crippen LogP contribution in [0.25, 0.3) is 11.0 Å². The van der Waals surface area contributed by atoms with Crippen molar-refractivity contribution in [2.24, 2.45) is 0 Å². The number of halogens is 1. The third kappa shape index (κ3) is 2.47. The van der Waals surface area contributed by atoms with Crippen LogP contribution in [0.15, 0.2) is 18.2 Å². The quantitative estimate of drug-likeness (QED) is 0.621. The Bertz CT molecular complexity index is 703. The van der Waals surface area contributed by atoms with E-state index < -0.39 is 0 Å². The van der Waals surface area contributed by atoms with Crippen LogP contribution in [0.3, 0.4) is 0 Å². The lowest BCUT2D eigenvalue weighted by Gasteiger charge is -2.40. The fourth-order valence-electron chi connectivity index (χ4n) is 2.59. The van der Waals surface area contributed by atoms with Crippen LogP contribution in [-0.4, -0.2) is 48.6 Å². The molecule has 0 radical (unpaired) electrons. The number of hydrogen-bond donors (Lipinski definition) is 0. The van der Waals surface area contributed by atoms with E-state index in [9.17, 15) is 4.79 Å². The number of aromatic nitrogens is 2. The normalized spacial score (nSPS) is 16.5. The maximum Gasteiger partial charge on any atom is 0.337 e. The highest BCUT2D eigenvalue weighted by Gasteiger charge is 2.40. The summed E-state index contributed by atoms with van der Waals surface area (Å²) in [7, 11) is 3.03. The molecule has 2 aromatic rings. The lowest BCUT2D eigenvalue weighted by atomic mass is 10.0. The number of methoxy groups -OCH3 is 2. The number of fused-ring (bicyclic) bond motifs is 1. The Morgan fingerprint density at radius 1 is 1.45 bits per heavy atom. The van der Waals surface area contributed by atoms with Crippen molar-refractivity contribution < 1.29 is 19.0 Å². The van der Waals surface area contributed by atoms with E-state index in [1.807, 2.05) is 4.57 Å². The molecule has 0 aliphatic carbocycles. The summed E-state index contributed by atoms with van der Waals surface area (Å²) < 4.78 is 17.6. The van der Waals surface area contributed by atoms with Gasteiger partial charge in [-0.15, -0.1) is 11.6 Å². The molecule has 1 fully saturated rings. The predicted molar refractivity (Wildman–Crippen MR) is 81.2 cm³/mol. The van der Waals surface area contributed by atoms with E-state index in [1.54, 1.807) is 25.3 Å². The molecule has 0 amide bonds. The average Bonchev–Trinajstić information content (AvgIpc) is 2.86. The summed E-state index contributed by atoms with van der Waals surface area (Å²) >= 11 is 6.02. The fraction of sp³-hybridized carbons (Fsp3) is 0.467. The molecule has 0 bridgehead atoms. The van der Waals surface area contributed by atoms with Crippen molar-refractivity contribution in [1.82, 2.24) is 9.55 Å². The Labute approximate surface area is 132 Å². The molecule has 0 N–H and O–H groups in total. The third-order valence-corrected chi connectivity index (χ3v) is 4.22. The molecule has 0 spiro atoms. The number of alkyl halides is 1. The second-order valence-corrected chi connectivity index (χ2v) is 5.59. The van der Waals surface area contributed by atoms with Crippen LogP contribution in [-0.2, 0) is 26.6 Å². The van der Waals surface area contributed by atoms with Crippen molar-refractivity contribution in [3.8, 4) is 0 Å². The molecule has 22 heavy (non-hydrogen) atoms. The second kappa shape index (κ2) is 5.87. The number of benzene rings is 1. The maximum atomic E-state index is 11.7. The van der Waals surface area contributed by atoms with Gasteiger partial charge in [-0.2, -0.15) is 0 Å². The first kappa shape index (κ1) is 15.3. The van der Waals surface area contributed by atoms with E-state index >= 15 is 0 Å². The van der Waals surface area contributed by atoms with Crippen molar-refractivity contribution in [2.45, 2.75) is 18.0 Å². The zero-order valence-corrected chi connectivity index (χ0v) is 13.2. The Morgan fingerprint density at radius 3 is 2.77 bits per heavy atom. The number of esters is 1. The molecule has 1 aromatic carbocycles. The molecule has 7 heteroatoms. The van der Waals surface area contributed by atoms with Gasteiger partial charge in [0.1, 0.15) is 11.4 Å². The number of carbonyl (C=O) groups excluding carboxylic acids is 1. The summed E-state index contributed by atoms with van der Waals surface area (Å²) in [5.41, 5.74) is 1.74. The Balaban J connectivity index is 2.07. The first-order valence-corrected chi connectivity index (χ1v) is 7.42. The zero-order chi connectivity index (χ0) is 15.7. The molecule has 118 valence electrons. The zero-order valence-electron chi connectivity index (χ0n) is 12.5. The Morgan fingerprint density at radius 2 is 2.23 bits per heavy atom. The van der Waals surface area contributed by atoms with Crippen LogP contribution in [0.4, 0.5) is 0 Å². The highest BCUT2D eigenvalue weighted by molar-refractivity contribution is 6.16. The molecule has 2 heterocycles. The Kier molecular flexibility index (Phi) is 4.08. The lowest BCUT2D eigenvalue weighted by Crippen LogP contribution is -2.54. The standard InChI is InChI=1S/C15H17ClN2O4/c1-20-14(19)10-3-4-11-12(5-10)18(13(6-16)17-11)7-15(21-2)8-22-9-15/h3-5H,6-9H2,1-2H3. The maximum absolute atomic E-state index is 11.7. The summed E-state index contributed by atoms with van der Waals surface area (Å²) in [5, 5.41) is 0. The van der Waals surface area contributed by atoms with Crippen LogP contribution in [0.5, 0.6) is 0 Å². The minimum absolute atomic E-state index is 0.281. The minimum Gasteiger partial charge on any atom is -0.465 e. The van der Waals surface area contributed by atoms with Gasteiger partial charge in [0.2, 0.25) is 0 Å². The molecule has 0 saturated carbocycles. The third-order valence-electron chi connectivity index (χ3n) is 3.98. The van der Waals surface area contributed by atoms with Crippen molar-refractivity contribution in [3.05, 3.63) is 29.6 Å². The van der Waals surface area contributed by atoms with Crippen molar-refractivity contribution in [2.75, 3.05) is 27.4 Å². The van der Waals surface area contributed by atoms with Crippen molar-refractivity contribution in [3.63, 3.8) is 0 Å². The molecule has 1 aliphatic rings. The fourth-order valence-corrected chi connectivity index (χ4v) is 2.79. The molecular weight excluding hydrogens is 308 g/mol. The monoisotopic (exact) mass is 324 g/mol. The number of rotatable bonds is 5. The smallest absolute Gasteiger partial charge is 0.337 e. The van der Waals surface area contributed by atoms with Crippen LogP contribution >= 0.6 is 11.6 Å². The second-order valence-electron chi connectivity index (χ2n) is 5.32. The molecule has 0 atom stereocenters. The van der Waals surface area contributed by atoms with Gasteiger partial charge >= 0.3 is 5.97 Å². The van der Waals surface area contributed by atoms with Crippen molar-refractivity contribution in [1.29, 1.82) is 0 Å². The van der Waals surface area contributed by atoms with Gasteiger partial charge in [-0.25, -0.2) is 9.78 Å². The van der Waals surface area contributed by atoms with E-state index in [-0.39, 0.29) is 17.5 Å². The molecule has 1 aromatic heterocycles. The van der Waals surface area contributed by atoms with Crippen LogP contribution in [0.2, 0.25) is 0 Å². The highest BCUT2D eigenvalue weighted by Crippen LogP contribution is 2.28. The van der Waals surface area contributed by atoms with Gasteiger partial charge in [0.15, 0.2) is 0 Å². The van der Waals surface area contributed by atoms with Gasteiger partial charge < -0.3 is 18.8 Å². The average molecular weight is 325 g/mol. The summed E-state index contributed by atoms with van der Waals surface area (Å²) in [6, 6.07) is 5.26.